The number of alkyl halides is 1. The number of aryl methyl sites for hydroxylation is 1. The number of hydrogen-bond acceptors (Lipinski definition) is 3. The standard InChI is InChI=1S/C13H20ClN3/c1-3-11-4-6-17(7-5-11)13-15-9-12(8-14)10(2)16-13/h9,11H,3-8H2,1-2H3. The molecule has 1 aromatic rings. The first-order chi connectivity index (χ1) is 8.24. The molecule has 1 saturated heterocycles. The summed E-state index contributed by atoms with van der Waals surface area (Å²) in [5.74, 6) is 2.24. The summed E-state index contributed by atoms with van der Waals surface area (Å²) in [5, 5.41) is 0. The van der Waals surface area contributed by atoms with Gasteiger partial charge in [-0.15, -0.1) is 11.6 Å². The molecule has 4 heteroatoms. The Morgan fingerprint density at radius 2 is 2.12 bits per heavy atom. The Hall–Kier alpha value is -0.830. The molecule has 0 radical (unpaired) electrons. The van der Waals surface area contributed by atoms with E-state index in [1.165, 1.54) is 19.3 Å². The average molecular weight is 254 g/mol. The van der Waals surface area contributed by atoms with Crippen LogP contribution in [0.5, 0.6) is 0 Å². The molecule has 0 aromatic carbocycles. The fourth-order valence-electron chi connectivity index (χ4n) is 2.30. The van der Waals surface area contributed by atoms with Crippen LogP contribution in [0.4, 0.5) is 5.95 Å². The fraction of sp³-hybridized carbons (Fsp3) is 0.692. The molecule has 0 atom stereocenters. The van der Waals surface area contributed by atoms with Crippen LogP contribution < -0.4 is 4.90 Å². The van der Waals surface area contributed by atoms with Crippen molar-refractivity contribution in [3.05, 3.63) is 17.5 Å². The molecule has 2 heterocycles. The molecule has 0 N–H and O–H groups in total. The van der Waals surface area contributed by atoms with Crippen LogP contribution in [0, 0.1) is 12.8 Å². The summed E-state index contributed by atoms with van der Waals surface area (Å²) in [4.78, 5) is 11.3. The van der Waals surface area contributed by atoms with E-state index in [1.54, 1.807) is 0 Å². The number of rotatable bonds is 3. The van der Waals surface area contributed by atoms with Gasteiger partial charge in [-0.05, 0) is 25.7 Å². The highest BCUT2D eigenvalue weighted by Gasteiger charge is 2.19. The van der Waals surface area contributed by atoms with Gasteiger partial charge in [0.05, 0.1) is 5.88 Å². The van der Waals surface area contributed by atoms with Crippen LogP contribution in [0.3, 0.4) is 0 Å². The lowest BCUT2D eigenvalue weighted by Gasteiger charge is -2.31. The fourth-order valence-corrected chi connectivity index (χ4v) is 2.57. The average Bonchev–Trinajstić information content (AvgIpc) is 2.39. The van der Waals surface area contributed by atoms with Gasteiger partial charge >= 0.3 is 0 Å². The second-order valence-corrected chi connectivity index (χ2v) is 5.02. The molecule has 1 aliphatic heterocycles. The molecular weight excluding hydrogens is 234 g/mol. The summed E-state index contributed by atoms with van der Waals surface area (Å²) in [6, 6.07) is 0. The van der Waals surface area contributed by atoms with Gasteiger partial charge in [0.25, 0.3) is 0 Å². The Balaban J connectivity index is 2.06. The van der Waals surface area contributed by atoms with Crippen molar-refractivity contribution in [2.45, 2.75) is 39.0 Å². The van der Waals surface area contributed by atoms with Gasteiger partial charge in [0.2, 0.25) is 5.95 Å². The highest BCUT2D eigenvalue weighted by Crippen LogP contribution is 2.23. The summed E-state index contributed by atoms with van der Waals surface area (Å²) in [5.41, 5.74) is 2.03. The molecule has 1 aromatic heterocycles. The second kappa shape index (κ2) is 5.67. The summed E-state index contributed by atoms with van der Waals surface area (Å²) in [6.07, 6.45) is 5.67. The lowest BCUT2D eigenvalue weighted by molar-refractivity contribution is 0.392. The maximum Gasteiger partial charge on any atom is 0.225 e. The Morgan fingerprint density at radius 1 is 1.41 bits per heavy atom. The van der Waals surface area contributed by atoms with E-state index in [4.69, 9.17) is 11.6 Å². The van der Waals surface area contributed by atoms with E-state index in [1.807, 2.05) is 13.1 Å². The van der Waals surface area contributed by atoms with Gasteiger partial charge in [-0.25, -0.2) is 9.97 Å². The van der Waals surface area contributed by atoms with Crippen LogP contribution in [-0.4, -0.2) is 23.1 Å². The van der Waals surface area contributed by atoms with Crippen molar-refractivity contribution in [2.24, 2.45) is 5.92 Å². The van der Waals surface area contributed by atoms with E-state index in [2.05, 4.69) is 21.8 Å². The molecule has 0 unspecified atom stereocenters. The molecule has 2 rings (SSSR count). The smallest absolute Gasteiger partial charge is 0.225 e. The molecule has 1 aliphatic rings. The van der Waals surface area contributed by atoms with Gasteiger partial charge in [0, 0.05) is 30.5 Å². The number of anilines is 1. The predicted octanol–water partition coefficient (Wildman–Crippen LogP) is 3.15. The lowest BCUT2D eigenvalue weighted by Crippen LogP contribution is -2.34. The van der Waals surface area contributed by atoms with E-state index < -0.39 is 0 Å². The second-order valence-electron chi connectivity index (χ2n) is 4.75. The van der Waals surface area contributed by atoms with Crippen molar-refractivity contribution >= 4 is 17.5 Å². The quantitative estimate of drug-likeness (QED) is 0.775. The third-order valence-electron chi connectivity index (χ3n) is 3.69. The minimum atomic E-state index is 0.490. The van der Waals surface area contributed by atoms with E-state index in [0.29, 0.717) is 5.88 Å². The molecule has 94 valence electrons. The predicted molar refractivity (Wildman–Crippen MR) is 71.6 cm³/mol. The Morgan fingerprint density at radius 3 is 2.65 bits per heavy atom. The number of piperidine rings is 1. The zero-order chi connectivity index (χ0) is 12.3. The summed E-state index contributed by atoms with van der Waals surface area (Å²) >= 11 is 5.81. The van der Waals surface area contributed by atoms with Gasteiger partial charge in [-0.1, -0.05) is 13.3 Å². The SMILES string of the molecule is CCC1CCN(c2ncc(CCl)c(C)n2)CC1. The maximum atomic E-state index is 5.81. The Labute approximate surface area is 108 Å². The molecule has 17 heavy (non-hydrogen) atoms. The molecule has 0 saturated carbocycles. The minimum Gasteiger partial charge on any atom is -0.341 e. The molecular formula is C13H20ClN3. The van der Waals surface area contributed by atoms with Crippen LogP contribution in [0.15, 0.2) is 6.20 Å². The zero-order valence-electron chi connectivity index (χ0n) is 10.6. The molecule has 0 aliphatic carbocycles. The zero-order valence-corrected chi connectivity index (χ0v) is 11.4. The molecule has 0 amide bonds. The number of aromatic nitrogens is 2. The van der Waals surface area contributed by atoms with Gasteiger partial charge in [0.1, 0.15) is 0 Å². The molecule has 3 nitrogen and oxygen atoms in total. The van der Waals surface area contributed by atoms with Crippen LogP contribution in [0.2, 0.25) is 0 Å². The first-order valence-electron chi connectivity index (χ1n) is 6.38. The van der Waals surface area contributed by atoms with Crippen LogP contribution in [0.1, 0.15) is 37.4 Å². The highest BCUT2D eigenvalue weighted by atomic mass is 35.5. The van der Waals surface area contributed by atoms with Crippen molar-refractivity contribution < 1.29 is 0 Å². The third kappa shape index (κ3) is 2.89. The Bertz CT molecular complexity index is 373. The van der Waals surface area contributed by atoms with Gasteiger partial charge < -0.3 is 4.90 Å². The van der Waals surface area contributed by atoms with Crippen LogP contribution >= 0.6 is 11.6 Å². The Kier molecular flexibility index (Phi) is 4.21. The lowest BCUT2D eigenvalue weighted by atomic mass is 9.95. The number of hydrogen-bond donors (Lipinski definition) is 0. The highest BCUT2D eigenvalue weighted by molar-refractivity contribution is 6.17. The van der Waals surface area contributed by atoms with E-state index in [9.17, 15) is 0 Å². The largest absolute Gasteiger partial charge is 0.341 e. The number of halogens is 1. The summed E-state index contributed by atoms with van der Waals surface area (Å²) < 4.78 is 0. The minimum absolute atomic E-state index is 0.490. The van der Waals surface area contributed by atoms with Crippen molar-refractivity contribution in [2.75, 3.05) is 18.0 Å². The van der Waals surface area contributed by atoms with Crippen molar-refractivity contribution in [1.29, 1.82) is 0 Å². The maximum absolute atomic E-state index is 5.81. The van der Waals surface area contributed by atoms with Crippen LogP contribution in [0.25, 0.3) is 0 Å². The van der Waals surface area contributed by atoms with Crippen molar-refractivity contribution in [3.8, 4) is 0 Å². The van der Waals surface area contributed by atoms with Crippen molar-refractivity contribution in [3.63, 3.8) is 0 Å². The number of nitrogens with zero attached hydrogens (tertiary/aromatic N) is 3. The van der Waals surface area contributed by atoms with E-state index in [-0.39, 0.29) is 0 Å². The molecule has 0 bridgehead atoms. The monoisotopic (exact) mass is 253 g/mol. The van der Waals surface area contributed by atoms with Gasteiger partial charge in [0.15, 0.2) is 0 Å². The topological polar surface area (TPSA) is 29.0 Å². The van der Waals surface area contributed by atoms with Crippen LogP contribution in [-0.2, 0) is 5.88 Å². The molecule has 1 fully saturated rings. The third-order valence-corrected chi connectivity index (χ3v) is 3.97. The summed E-state index contributed by atoms with van der Waals surface area (Å²) in [7, 11) is 0. The van der Waals surface area contributed by atoms with Crippen molar-refractivity contribution in [1.82, 2.24) is 9.97 Å². The van der Waals surface area contributed by atoms with E-state index in [0.717, 1.165) is 36.2 Å². The molecule has 0 spiro atoms. The van der Waals surface area contributed by atoms with E-state index >= 15 is 0 Å². The van der Waals surface area contributed by atoms with Gasteiger partial charge in [-0.2, -0.15) is 0 Å². The summed E-state index contributed by atoms with van der Waals surface area (Å²) in [6.45, 7) is 6.44. The normalized spacial score (nSPS) is 17.5. The van der Waals surface area contributed by atoms with Gasteiger partial charge in [-0.3, -0.25) is 0 Å². The first-order valence-corrected chi connectivity index (χ1v) is 6.91. The first kappa shape index (κ1) is 12.6.